The Bertz CT molecular complexity index is 252. The summed E-state index contributed by atoms with van der Waals surface area (Å²) >= 11 is 2.28. The van der Waals surface area contributed by atoms with Crippen LogP contribution in [0.2, 0.25) is 0 Å². The van der Waals surface area contributed by atoms with Crippen molar-refractivity contribution in [1.82, 2.24) is 5.32 Å². The molecular formula is C18H35NS. The summed E-state index contributed by atoms with van der Waals surface area (Å²) < 4.78 is 0. The van der Waals surface area contributed by atoms with E-state index in [0.29, 0.717) is 0 Å². The lowest BCUT2D eigenvalue weighted by Gasteiger charge is -2.37. The molecule has 0 aromatic carbocycles. The molecule has 0 aliphatic heterocycles. The SMILES string of the molecule is CCCNC(CSC1CCCC1)C1CC(C)CC(C)C1. The maximum atomic E-state index is 3.88. The van der Waals surface area contributed by atoms with E-state index in [0.717, 1.165) is 29.0 Å². The molecule has 1 N–H and O–H groups in total. The van der Waals surface area contributed by atoms with Gasteiger partial charge in [-0.1, -0.05) is 33.6 Å². The second-order valence-electron chi connectivity index (χ2n) is 7.48. The first-order valence-corrected chi connectivity index (χ1v) is 10.1. The monoisotopic (exact) mass is 297 g/mol. The molecule has 2 aliphatic carbocycles. The highest BCUT2D eigenvalue weighted by molar-refractivity contribution is 7.99. The zero-order valence-corrected chi connectivity index (χ0v) is 14.7. The second kappa shape index (κ2) is 8.68. The van der Waals surface area contributed by atoms with Gasteiger partial charge in [0.2, 0.25) is 0 Å². The van der Waals surface area contributed by atoms with E-state index in [1.165, 1.54) is 63.7 Å². The van der Waals surface area contributed by atoms with E-state index in [1.807, 2.05) is 0 Å². The summed E-state index contributed by atoms with van der Waals surface area (Å²) in [6.45, 7) is 8.42. The van der Waals surface area contributed by atoms with Gasteiger partial charge >= 0.3 is 0 Å². The van der Waals surface area contributed by atoms with Crippen LogP contribution in [-0.4, -0.2) is 23.6 Å². The van der Waals surface area contributed by atoms with Crippen LogP contribution < -0.4 is 5.32 Å². The summed E-state index contributed by atoms with van der Waals surface area (Å²) in [4.78, 5) is 0. The Kier molecular flexibility index (Phi) is 7.24. The Labute approximate surface area is 131 Å². The van der Waals surface area contributed by atoms with Gasteiger partial charge in [0.15, 0.2) is 0 Å². The molecule has 0 radical (unpaired) electrons. The molecule has 0 aromatic rings. The molecule has 2 rings (SSSR count). The standard InChI is InChI=1S/C18H35NS/c1-4-9-19-18(13-20-17-7-5-6-8-17)16-11-14(2)10-15(3)12-16/h14-19H,4-13H2,1-3H3. The average molecular weight is 298 g/mol. The summed E-state index contributed by atoms with van der Waals surface area (Å²) in [6.07, 6.45) is 11.5. The largest absolute Gasteiger partial charge is 0.313 e. The highest BCUT2D eigenvalue weighted by Crippen LogP contribution is 2.37. The first-order chi connectivity index (χ1) is 9.69. The zero-order chi connectivity index (χ0) is 14.4. The molecule has 3 atom stereocenters. The Morgan fingerprint density at radius 2 is 1.70 bits per heavy atom. The summed E-state index contributed by atoms with van der Waals surface area (Å²) in [5.74, 6) is 4.15. The number of rotatable bonds is 7. The van der Waals surface area contributed by atoms with Crippen LogP contribution in [0.4, 0.5) is 0 Å². The van der Waals surface area contributed by atoms with Crippen LogP contribution in [0.5, 0.6) is 0 Å². The van der Waals surface area contributed by atoms with Crippen LogP contribution >= 0.6 is 11.8 Å². The van der Waals surface area contributed by atoms with Crippen LogP contribution in [0, 0.1) is 17.8 Å². The summed E-state index contributed by atoms with van der Waals surface area (Å²) in [5.41, 5.74) is 0. The highest BCUT2D eigenvalue weighted by Gasteiger charge is 2.30. The molecule has 2 fully saturated rings. The molecule has 0 heterocycles. The Morgan fingerprint density at radius 1 is 1.05 bits per heavy atom. The van der Waals surface area contributed by atoms with Gasteiger partial charge in [-0.25, -0.2) is 0 Å². The van der Waals surface area contributed by atoms with Crippen molar-refractivity contribution in [2.45, 2.75) is 83.4 Å². The van der Waals surface area contributed by atoms with E-state index in [9.17, 15) is 0 Å². The van der Waals surface area contributed by atoms with Crippen molar-refractivity contribution < 1.29 is 0 Å². The molecule has 118 valence electrons. The molecule has 2 saturated carbocycles. The van der Waals surface area contributed by atoms with Crippen molar-refractivity contribution in [3.63, 3.8) is 0 Å². The zero-order valence-electron chi connectivity index (χ0n) is 13.9. The van der Waals surface area contributed by atoms with Crippen molar-refractivity contribution in [2.24, 2.45) is 17.8 Å². The van der Waals surface area contributed by atoms with E-state index in [4.69, 9.17) is 0 Å². The molecule has 3 unspecified atom stereocenters. The normalized spacial score (nSPS) is 33.5. The quantitative estimate of drug-likeness (QED) is 0.701. The molecule has 1 nitrogen and oxygen atoms in total. The molecule has 2 aliphatic rings. The highest BCUT2D eigenvalue weighted by atomic mass is 32.2. The molecular weight excluding hydrogens is 262 g/mol. The number of nitrogens with one attached hydrogen (secondary N) is 1. The average Bonchev–Trinajstić information content (AvgIpc) is 2.91. The van der Waals surface area contributed by atoms with Gasteiger partial charge in [-0.3, -0.25) is 0 Å². The van der Waals surface area contributed by atoms with Crippen molar-refractivity contribution in [2.75, 3.05) is 12.3 Å². The van der Waals surface area contributed by atoms with E-state index in [1.54, 1.807) is 0 Å². The van der Waals surface area contributed by atoms with Gasteiger partial charge in [0.05, 0.1) is 0 Å². The minimum absolute atomic E-state index is 0.769. The maximum absolute atomic E-state index is 3.88. The Hall–Kier alpha value is 0.310. The van der Waals surface area contributed by atoms with Gasteiger partial charge in [-0.15, -0.1) is 0 Å². The van der Waals surface area contributed by atoms with Crippen molar-refractivity contribution >= 4 is 11.8 Å². The predicted molar refractivity (Wildman–Crippen MR) is 92.5 cm³/mol. The smallest absolute Gasteiger partial charge is 0.0186 e. The molecule has 0 bridgehead atoms. The van der Waals surface area contributed by atoms with E-state index < -0.39 is 0 Å². The fourth-order valence-corrected chi connectivity index (χ4v) is 5.86. The summed E-state index contributed by atoms with van der Waals surface area (Å²) in [6, 6.07) is 0.769. The molecule has 0 amide bonds. The third-order valence-electron chi connectivity index (χ3n) is 5.25. The van der Waals surface area contributed by atoms with E-state index in [2.05, 4.69) is 37.8 Å². The lowest BCUT2D eigenvalue weighted by molar-refractivity contribution is 0.184. The predicted octanol–water partition coefficient (Wildman–Crippen LogP) is 5.10. The van der Waals surface area contributed by atoms with Gasteiger partial charge < -0.3 is 5.32 Å². The van der Waals surface area contributed by atoms with E-state index >= 15 is 0 Å². The van der Waals surface area contributed by atoms with Gasteiger partial charge in [0, 0.05) is 17.0 Å². The Morgan fingerprint density at radius 3 is 2.30 bits per heavy atom. The first kappa shape index (κ1) is 16.7. The van der Waals surface area contributed by atoms with Crippen molar-refractivity contribution in [3.05, 3.63) is 0 Å². The van der Waals surface area contributed by atoms with Gasteiger partial charge in [-0.05, 0) is 62.8 Å². The van der Waals surface area contributed by atoms with Crippen LogP contribution in [-0.2, 0) is 0 Å². The second-order valence-corrected chi connectivity index (χ2v) is 8.81. The van der Waals surface area contributed by atoms with Gasteiger partial charge in [-0.2, -0.15) is 11.8 Å². The minimum Gasteiger partial charge on any atom is -0.313 e. The Balaban J connectivity index is 1.84. The fourth-order valence-electron chi connectivity index (χ4n) is 4.32. The van der Waals surface area contributed by atoms with E-state index in [-0.39, 0.29) is 0 Å². The molecule has 20 heavy (non-hydrogen) atoms. The van der Waals surface area contributed by atoms with Crippen molar-refractivity contribution in [3.8, 4) is 0 Å². The number of thioether (sulfide) groups is 1. The minimum atomic E-state index is 0.769. The molecule has 0 saturated heterocycles. The van der Waals surface area contributed by atoms with Gasteiger partial charge in [0.25, 0.3) is 0 Å². The fraction of sp³-hybridized carbons (Fsp3) is 1.00. The number of hydrogen-bond acceptors (Lipinski definition) is 2. The van der Waals surface area contributed by atoms with Gasteiger partial charge in [0.1, 0.15) is 0 Å². The number of hydrogen-bond donors (Lipinski definition) is 1. The summed E-state index contributed by atoms with van der Waals surface area (Å²) in [7, 11) is 0. The third-order valence-corrected chi connectivity index (χ3v) is 6.75. The third kappa shape index (κ3) is 5.26. The first-order valence-electron chi connectivity index (χ1n) is 9.04. The van der Waals surface area contributed by atoms with Crippen LogP contribution in [0.15, 0.2) is 0 Å². The lowest BCUT2D eigenvalue weighted by Crippen LogP contribution is -2.42. The molecule has 0 spiro atoms. The van der Waals surface area contributed by atoms with Crippen LogP contribution in [0.1, 0.15) is 72.1 Å². The van der Waals surface area contributed by atoms with Crippen LogP contribution in [0.3, 0.4) is 0 Å². The molecule has 2 heteroatoms. The summed E-state index contributed by atoms with van der Waals surface area (Å²) in [5, 5.41) is 4.85. The molecule has 0 aromatic heterocycles. The maximum Gasteiger partial charge on any atom is 0.0186 e. The van der Waals surface area contributed by atoms with Crippen LogP contribution in [0.25, 0.3) is 0 Å². The lowest BCUT2D eigenvalue weighted by atomic mass is 9.74. The van der Waals surface area contributed by atoms with Crippen molar-refractivity contribution in [1.29, 1.82) is 0 Å². The topological polar surface area (TPSA) is 12.0 Å².